The van der Waals surface area contributed by atoms with Crippen LogP contribution in [0, 0.1) is 0 Å². The summed E-state index contributed by atoms with van der Waals surface area (Å²) >= 11 is 0. The van der Waals surface area contributed by atoms with Crippen molar-refractivity contribution in [1.82, 2.24) is 9.97 Å². The van der Waals surface area contributed by atoms with Crippen molar-refractivity contribution in [3.05, 3.63) is 42.0 Å². The highest BCUT2D eigenvalue weighted by Gasteiger charge is 2.08. The zero-order valence-corrected chi connectivity index (χ0v) is 9.93. The van der Waals surface area contributed by atoms with Crippen LogP contribution >= 0.6 is 0 Å². The number of aliphatic imine (C=N–C) groups is 1. The fourth-order valence-corrected chi connectivity index (χ4v) is 1.41. The Balaban J connectivity index is 2.14. The summed E-state index contributed by atoms with van der Waals surface area (Å²) < 4.78 is 0. The standard InChI is InChI=1S/C13H12N4O2/c14-11-10(12(18)17-13(19)16-11)15-8-4-7-9-5-2-1-3-6-9/h1-8H,(H4,14,16,17,18,19). The Morgan fingerprint density at radius 2 is 1.84 bits per heavy atom. The smallest absolute Gasteiger partial charge is 0.319 e. The number of nitrogens with two attached hydrogens (primary N) is 1. The predicted molar refractivity (Wildman–Crippen MR) is 73.4 cm³/mol. The van der Waals surface area contributed by atoms with Crippen molar-refractivity contribution in [3.63, 3.8) is 0 Å². The molecular formula is C13H12N4O2. The molecule has 0 aliphatic rings. The topological polar surface area (TPSA) is 105 Å². The molecule has 0 aliphatic heterocycles. The molecule has 2 rings (SSSR count). The van der Waals surface area contributed by atoms with Crippen LogP contribution < -0.4 is 5.73 Å². The molecule has 0 aliphatic carbocycles. The summed E-state index contributed by atoms with van der Waals surface area (Å²) in [6.07, 6.45) is 5.00. The molecule has 0 radical (unpaired) electrons. The second-order valence-corrected chi connectivity index (χ2v) is 3.63. The van der Waals surface area contributed by atoms with Crippen LogP contribution in [0.1, 0.15) is 5.56 Å². The van der Waals surface area contributed by atoms with Crippen LogP contribution in [0.5, 0.6) is 11.9 Å². The van der Waals surface area contributed by atoms with Gasteiger partial charge in [0.15, 0.2) is 11.5 Å². The summed E-state index contributed by atoms with van der Waals surface area (Å²) in [6, 6.07) is 9.08. The van der Waals surface area contributed by atoms with Gasteiger partial charge in [0, 0.05) is 6.21 Å². The molecule has 19 heavy (non-hydrogen) atoms. The lowest BCUT2D eigenvalue weighted by Crippen LogP contribution is -1.93. The largest absolute Gasteiger partial charge is 0.492 e. The third-order valence-corrected chi connectivity index (χ3v) is 2.26. The zero-order valence-electron chi connectivity index (χ0n) is 9.93. The highest BCUT2D eigenvalue weighted by atomic mass is 16.3. The van der Waals surface area contributed by atoms with Crippen LogP contribution in [-0.4, -0.2) is 26.4 Å². The van der Waals surface area contributed by atoms with Crippen molar-refractivity contribution in [3.8, 4) is 11.9 Å². The van der Waals surface area contributed by atoms with E-state index in [1.54, 1.807) is 6.08 Å². The number of nitrogen functional groups attached to an aromatic ring is 1. The van der Waals surface area contributed by atoms with Crippen LogP contribution in [0.25, 0.3) is 6.08 Å². The highest BCUT2D eigenvalue weighted by Crippen LogP contribution is 2.30. The monoisotopic (exact) mass is 256 g/mol. The molecular weight excluding hydrogens is 244 g/mol. The van der Waals surface area contributed by atoms with E-state index in [0.717, 1.165) is 5.56 Å². The Hall–Kier alpha value is -2.89. The first-order valence-corrected chi connectivity index (χ1v) is 5.48. The number of hydrogen-bond acceptors (Lipinski definition) is 6. The number of aromatic hydroxyl groups is 2. The molecule has 0 bridgehead atoms. The molecule has 2 aromatic rings. The van der Waals surface area contributed by atoms with Gasteiger partial charge in [0.2, 0.25) is 5.88 Å². The maximum Gasteiger partial charge on any atom is 0.319 e. The van der Waals surface area contributed by atoms with Gasteiger partial charge < -0.3 is 15.9 Å². The van der Waals surface area contributed by atoms with Gasteiger partial charge in [0.25, 0.3) is 0 Å². The minimum absolute atomic E-state index is 0.0236. The quantitative estimate of drug-likeness (QED) is 0.727. The van der Waals surface area contributed by atoms with E-state index in [0.29, 0.717) is 0 Å². The van der Waals surface area contributed by atoms with E-state index in [1.807, 2.05) is 36.4 Å². The molecule has 1 aromatic heterocycles. The molecule has 4 N–H and O–H groups in total. The molecule has 96 valence electrons. The normalized spacial score (nSPS) is 11.4. The first-order valence-electron chi connectivity index (χ1n) is 5.48. The van der Waals surface area contributed by atoms with Gasteiger partial charge >= 0.3 is 6.01 Å². The Bertz CT molecular complexity index is 601. The third-order valence-electron chi connectivity index (χ3n) is 2.26. The van der Waals surface area contributed by atoms with E-state index in [9.17, 15) is 5.11 Å². The van der Waals surface area contributed by atoms with Gasteiger partial charge in [0.1, 0.15) is 0 Å². The minimum Gasteiger partial charge on any atom is -0.492 e. The van der Waals surface area contributed by atoms with Crippen molar-refractivity contribution in [2.75, 3.05) is 5.73 Å². The molecule has 0 saturated heterocycles. The lowest BCUT2D eigenvalue weighted by atomic mass is 10.2. The van der Waals surface area contributed by atoms with Crippen LogP contribution in [0.4, 0.5) is 11.5 Å². The number of hydrogen-bond donors (Lipinski definition) is 3. The molecule has 1 aromatic carbocycles. The maximum absolute atomic E-state index is 9.46. The fraction of sp³-hybridized carbons (Fsp3) is 0. The van der Waals surface area contributed by atoms with Gasteiger partial charge in [-0.25, -0.2) is 4.99 Å². The van der Waals surface area contributed by atoms with Crippen LogP contribution in [0.3, 0.4) is 0 Å². The number of rotatable bonds is 3. The SMILES string of the molecule is Nc1nc(O)nc(O)c1N=CC=Cc1ccccc1. The first-order chi connectivity index (χ1) is 9.16. The second kappa shape index (κ2) is 5.63. The Kier molecular flexibility index (Phi) is 3.72. The number of allylic oxidation sites excluding steroid dienone is 1. The van der Waals surface area contributed by atoms with Gasteiger partial charge in [-0.1, -0.05) is 36.4 Å². The molecule has 6 nitrogen and oxygen atoms in total. The van der Waals surface area contributed by atoms with Crippen molar-refractivity contribution in [1.29, 1.82) is 0 Å². The van der Waals surface area contributed by atoms with Gasteiger partial charge in [-0.3, -0.25) is 0 Å². The van der Waals surface area contributed by atoms with Crippen LogP contribution in [0.2, 0.25) is 0 Å². The van der Waals surface area contributed by atoms with Crippen molar-refractivity contribution in [2.24, 2.45) is 4.99 Å². The molecule has 0 saturated carbocycles. The van der Waals surface area contributed by atoms with E-state index in [1.165, 1.54) is 6.21 Å². The summed E-state index contributed by atoms with van der Waals surface area (Å²) in [5.74, 6) is -0.552. The van der Waals surface area contributed by atoms with E-state index in [-0.39, 0.29) is 11.5 Å². The third kappa shape index (κ3) is 3.29. The summed E-state index contributed by atoms with van der Waals surface area (Å²) in [7, 11) is 0. The molecule has 0 unspecified atom stereocenters. The molecule has 0 fully saturated rings. The van der Waals surface area contributed by atoms with E-state index in [4.69, 9.17) is 10.8 Å². The van der Waals surface area contributed by atoms with Crippen molar-refractivity contribution < 1.29 is 10.2 Å². The summed E-state index contributed by atoms with van der Waals surface area (Å²) in [4.78, 5) is 10.8. The summed E-state index contributed by atoms with van der Waals surface area (Å²) in [6.45, 7) is 0. The number of aromatic nitrogens is 2. The minimum atomic E-state index is -0.589. The summed E-state index contributed by atoms with van der Waals surface area (Å²) in [5, 5.41) is 18.5. The Labute approximate surface area is 109 Å². The summed E-state index contributed by atoms with van der Waals surface area (Å²) in [5.41, 5.74) is 6.55. The van der Waals surface area contributed by atoms with E-state index in [2.05, 4.69) is 15.0 Å². The second-order valence-electron chi connectivity index (χ2n) is 3.63. The molecule has 0 atom stereocenters. The average molecular weight is 256 g/mol. The van der Waals surface area contributed by atoms with Gasteiger partial charge in [-0.15, -0.1) is 0 Å². The molecule has 1 heterocycles. The van der Waals surface area contributed by atoms with Gasteiger partial charge in [0.05, 0.1) is 0 Å². The number of benzene rings is 1. The molecule has 0 spiro atoms. The van der Waals surface area contributed by atoms with Crippen molar-refractivity contribution >= 4 is 23.8 Å². The van der Waals surface area contributed by atoms with Crippen LogP contribution in [0.15, 0.2) is 41.4 Å². The number of nitrogens with zero attached hydrogens (tertiary/aromatic N) is 3. The zero-order chi connectivity index (χ0) is 13.7. The average Bonchev–Trinajstić information content (AvgIpc) is 2.38. The first kappa shape index (κ1) is 12.6. The molecule has 0 amide bonds. The maximum atomic E-state index is 9.46. The lowest BCUT2D eigenvalue weighted by Gasteiger charge is -2.00. The molecule has 6 heteroatoms. The van der Waals surface area contributed by atoms with Gasteiger partial charge in [-0.05, 0) is 11.6 Å². The predicted octanol–water partition coefficient (Wildman–Crippen LogP) is 1.89. The van der Waals surface area contributed by atoms with E-state index < -0.39 is 11.9 Å². The Morgan fingerprint density at radius 3 is 2.53 bits per heavy atom. The number of anilines is 1. The van der Waals surface area contributed by atoms with Gasteiger partial charge in [-0.2, -0.15) is 9.97 Å². The van der Waals surface area contributed by atoms with E-state index >= 15 is 0 Å². The van der Waals surface area contributed by atoms with Crippen LogP contribution in [-0.2, 0) is 0 Å². The van der Waals surface area contributed by atoms with Crippen molar-refractivity contribution in [2.45, 2.75) is 0 Å². The fourth-order valence-electron chi connectivity index (χ4n) is 1.41. The highest BCUT2D eigenvalue weighted by molar-refractivity contribution is 5.82. The lowest BCUT2D eigenvalue weighted by molar-refractivity contribution is 0.400. The Morgan fingerprint density at radius 1 is 1.11 bits per heavy atom.